The minimum atomic E-state index is -0.784. The molecule has 0 amide bonds. The second-order valence-electron chi connectivity index (χ2n) is 2.64. The van der Waals surface area contributed by atoms with Gasteiger partial charge in [0, 0.05) is 0 Å². The summed E-state index contributed by atoms with van der Waals surface area (Å²) in [6.07, 6.45) is 1.63. The third-order valence-electron chi connectivity index (χ3n) is 1.81. The molecule has 0 bridgehead atoms. The topological polar surface area (TPSA) is 46.5 Å². The predicted molar refractivity (Wildman–Crippen MR) is 41.8 cm³/mol. The molecule has 0 aliphatic carbocycles. The van der Waals surface area contributed by atoms with Crippen molar-refractivity contribution in [3.8, 4) is 0 Å². The molecule has 0 rings (SSSR count). The fourth-order valence-electron chi connectivity index (χ4n) is 0.539. The highest BCUT2D eigenvalue weighted by Gasteiger charge is 2.31. The summed E-state index contributed by atoms with van der Waals surface area (Å²) in [5, 5.41) is 8.85. The van der Waals surface area contributed by atoms with Crippen LogP contribution in [-0.2, 0) is 9.53 Å². The van der Waals surface area contributed by atoms with Gasteiger partial charge < -0.3 is 9.84 Å². The van der Waals surface area contributed by atoms with Gasteiger partial charge in [-0.25, -0.2) is 0 Å². The van der Waals surface area contributed by atoms with Gasteiger partial charge >= 0.3 is 5.97 Å². The van der Waals surface area contributed by atoms with Gasteiger partial charge in [-0.2, -0.15) is 0 Å². The lowest BCUT2D eigenvalue weighted by Gasteiger charge is -2.21. The van der Waals surface area contributed by atoms with Gasteiger partial charge in [-0.15, -0.1) is 0 Å². The number of carbonyl (C=O) groups excluding carboxylic acids is 1. The van der Waals surface area contributed by atoms with E-state index < -0.39 is 11.4 Å². The summed E-state index contributed by atoms with van der Waals surface area (Å²) in [6, 6.07) is 0. The maximum Gasteiger partial charge on any atom is 0.318 e. The Kier molecular flexibility index (Phi) is 3.82. The number of ether oxygens (including phenoxy) is 1. The van der Waals surface area contributed by atoms with Gasteiger partial charge in [-0.1, -0.05) is 13.5 Å². The molecule has 0 spiro atoms. The van der Waals surface area contributed by atoms with E-state index >= 15 is 0 Å². The molecule has 11 heavy (non-hydrogen) atoms. The first-order chi connectivity index (χ1) is 5.10. The molecular formula is C8H14O3. The van der Waals surface area contributed by atoms with E-state index in [1.165, 1.54) is 0 Å². The molecule has 0 aromatic heterocycles. The van der Waals surface area contributed by atoms with Crippen molar-refractivity contribution in [3.63, 3.8) is 0 Å². The Morgan fingerprint density at radius 2 is 2.36 bits per heavy atom. The first-order valence-electron chi connectivity index (χ1n) is 3.53. The van der Waals surface area contributed by atoms with Crippen LogP contribution in [0.25, 0.3) is 0 Å². The van der Waals surface area contributed by atoms with Crippen LogP contribution in [0.1, 0.15) is 20.3 Å². The van der Waals surface area contributed by atoms with Crippen LogP contribution in [0, 0.1) is 5.41 Å². The molecule has 0 aromatic carbocycles. The Bertz CT molecular complexity index is 147. The normalized spacial score (nSPS) is 15.2. The largest absolute Gasteiger partial charge is 0.435 e. The maximum atomic E-state index is 11.1. The number of hydrogen-bond donors (Lipinski definition) is 1. The molecule has 1 atom stereocenters. The summed E-state index contributed by atoms with van der Waals surface area (Å²) in [5.74, 6) is -0.433. The zero-order valence-electron chi connectivity index (χ0n) is 6.96. The van der Waals surface area contributed by atoms with Crippen LogP contribution < -0.4 is 0 Å². The number of aliphatic hydroxyl groups is 1. The van der Waals surface area contributed by atoms with Crippen molar-refractivity contribution in [3.05, 3.63) is 12.8 Å². The minimum absolute atomic E-state index is 0.198. The summed E-state index contributed by atoms with van der Waals surface area (Å²) < 4.78 is 4.55. The third-order valence-corrected chi connectivity index (χ3v) is 1.81. The van der Waals surface area contributed by atoms with Gasteiger partial charge in [0.25, 0.3) is 0 Å². The van der Waals surface area contributed by atoms with E-state index in [1.807, 2.05) is 6.92 Å². The smallest absolute Gasteiger partial charge is 0.318 e. The minimum Gasteiger partial charge on any atom is -0.435 e. The molecule has 0 aliphatic heterocycles. The highest BCUT2D eigenvalue weighted by Crippen LogP contribution is 2.21. The van der Waals surface area contributed by atoms with Crippen LogP contribution >= 0.6 is 0 Å². The van der Waals surface area contributed by atoms with Crippen molar-refractivity contribution in [1.29, 1.82) is 0 Å². The van der Waals surface area contributed by atoms with Crippen LogP contribution in [-0.4, -0.2) is 17.7 Å². The quantitative estimate of drug-likeness (QED) is 0.492. The SMILES string of the molecule is C=COC(=O)C(C)(CC)CO. The molecule has 3 nitrogen and oxygen atoms in total. The van der Waals surface area contributed by atoms with E-state index in [-0.39, 0.29) is 6.61 Å². The molecule has 0 aliphatic rings. The van der Waals surface area contributed by atoms with Crippen molar-refractivity contribution < 1.29 is 14.6 Å². The number of aliphatic hydroxyl groups excluding tert-OH is 1. The van der Waals surface area contributed by atoms with Crippen LogP contribution in [0.15, 0.2) is 12.8 Å². The second kappa shape index (κ2) is 4.13. The molecule has 1 unspecified atom stereocenters. The average molecular weight is 158 g/mol. The van der Waals surface area contributed by atoms with E-state index in [0.717, 1.165) is 6.26 Å². The Morgan fingerprint density at radius 3 is 2.64 bits per heavy atom. The highest BCUT2D eigenvalue weighted by atomic mass is 16.5. The first-order valence-corrected chi connectivity index (χ1v) is 3.53. The molecule has 1 N–H and O–H groups in total. The van der Waals surface area contributed by atoms with E-state index in [2.05, 4.69) is 11.3 Å². The van der Waals surface area contributed by atoms with E-state index in [1.54, 1.807) is 6.92 Å². The van der Waals surface area contributed by atoms with Crippen molar-refractivity contribution >= 4 is 5.97 Å². The van der Waals surface area contributed by atoms with Gasteiger partial charge in [0.15, 0.2) is 0 Å². The molecule has 0 saturated carbocycles. The van der Waals surface area contributed by atoms with E-state index in [4.69, 9.17) is 5.11 Å². The zero-order chi connectivity index (χ0) is 8.91. The fraction of sp³-hybridized carbons (Fsp3) is 0.625. The molecule has 64 valence electrons. The van der Waals surface area contributed by atoms with E-state index in [9.17, 15) is 4.79 Å². The monoisotopic (exact) mass is 158 g/mol. The summed E-state index contributed by atoms with van der Waals surface area (Å²) >= 11 is 0. The molecule has 0 fully saturated rings. The Morgan fingerprint density at radius 1 is 1.82 bits per heavy atom. The van der Waals surface area contributed by atoms with Gasteiger partial charge in [-0.3, -0.25) is 4.79 Å². The van der Waals surface area contributed by atoms with Crippen LogP contribution in [0.3, 0.4) is 0 Å². The first kappa shape index (κ1) is 10.2. The molecule has 0 aromatic rings. The van der Waals surface area contributed by atoms with Gasteiger partial charge in [0.1, 0.15) is 0 Å². The Balaban J connectivity index is 4.23. The molecule has 0 heterocycles. The predicted octanol–water partition coefficient (Wildman–Crippen LogP) is 1.08. The lowest BCUT2D eigenvalue weighted by atomic mass is 9.89. The van der Waals surface area contributed by atoms with Gasteiger partial charge in [-0.05, 0) is 13.3 Å². The summed E-state index contributed by atoms with van der Waals surface area (Å²) in [5.41, 5.74) is -0.784. The van der Waals surface area contributed by atoms with Gasteiger partial charge in [0.05, 0.1) is 18.3 Å². The second-order valence-corrected chi connectivity index (χ2v) is 2.64. The van der Waals surface area contributed by atoms with Crippen molar-refractivity contribution in [2.75, 3.05) is 6.61 Å². The number of carbonyl (C=O) groups is 1. The Hall–Kier alpha value is -0.830. The van der Waals surface area contributed by atoms with Crippen molar-refractivity contribution in [2.24, 2.45) is 5.41 Å². The maximum absolute atomic E-state index is 11.1. The number of esters is 1. The fourth-order valence-corrected chi connectivity index (χ4v) is 0.539. The van der Waals surface area contributed by atoms with Crippen LogP contribution in [0.2, 0.25) is 0 Å². The summed E-state index contributed by atoms with van der Waals surface area (Å²) in [4.78, 5) is 11.1. The highest BCUT2D eigenvalue weighted by molar-refractivity contribution is 5.76. The summed E-state index contributed by atoms with van der Waals surface area (Å²) in [7, 11) is 0. The van der Waals surface area contributed by atoms with Crippen LogP contribution in [0.5, 0.6) is 0 Å². The number of rotatable bonds is 4. The lowest BCUT2D eigenvalue weighted by molar-refractivity contribution is -0.151. The van der Waals surface area contributed by atoms with Crippen LogP contribution in [0.4, 0.5) is 0 Å². The Labute approximate surface area is 66.7 Å². The molecule has 0 radical (unpaired) electrons. The van der Waals surface area contributed by atoms with E-state index in [0.29, 0.717) is 6.42 Å². The third kappa shape index (κ3) is 2.35. The molecule has 0 saturated heterocycles. The molecular weight excluding hydrogens is 144 g/mol. The summed E-state index contributed by atoms with van der Waals surface area (Å²) in [6.45, 7) is 6.53. The van der Waals surface area contributed by atoms with Crippen molar-refractivity contribution in [1.82, 2.24) is 0 Å². The number of hydrogen-bond acceptors (Lipinski definition) is 3. The molecule has 3 heteroatoms. The van der Waals surface area contributed by atoms with Crippen molar-refractivity contribution in [2.45, 2.75) is 20.3 Å². The average Bonchev–Trinajstić information content (AvgIpc) is 2.03. The lowest BCUT2D eigenvalue weighted by Crippen LogP contribution is -2.31. The standard InChI is InChI=1S/C8H14O3/c1-4-8(3,6-9)7(10)11-5-2/h5,9H,2,4,6H2,1,3H3. The van der Waals surface area contributed by atoms with Gasteiger partial charge in [0.2, 0.25) is 0 Å². The zero-order valence-corrected chi connectivity index (χ0v) is 6.96.